The van der Waals surface area contributed by atoms with Crippen LogP contribution in [0.1, 0.15) is 26.2 Å². The number of thioether (sulfide) groups is 1. The maximum Gasteiger partial charge on any atom is 0.453 e. The number of halogens is 5. The number of hydrogen-bond acceptors (Lipinski definition) is 1. The lowest BCUT2D eigenvalue weighted by atomic mass is 10.2. The first kappa shape index (κ1) is 14.0. The van der Waals surface area contributed by atoms with Crippen molar-refractivity contribution in [2.45, 2.75) is 38.3 Å². The maximum atomic E-state index is 12.3. The van der Waals surface area contributed by atoms with Crippen LogP contribution >= 0.6 is 11.8 Å². The highest BCUT2D eigenvalue weighted by atomic mass is 32.2. The molecule has 0 aromatic rings. The van der Waals surface area contributed by atoms with Crippen LogP contribution in [0.15, 0.2) is 0 Å². The third-order valence-electron chi connectivity index (χ3n) is 1.54. The molecule has 6 heteroatoms. The van der Waals surface area contributed by atoms with Crippen molar-refractivity contribution >= 4 is 11.8 Å². The number of hydrogen-bond donors (Lipinski definition) is 0. The Morgan fingerprint density at radius 1 is 1.00 bits per heavy atom. The monoisotopic (exact) mass is 236 g/mol. The van der Waals surface area contributed by atoms with Crippen molar-refractivity contribution in [1.29, 1.82) is 0 Å². The second-order valence-corrected chi connectivity index (χ2v) is 4.14. The fraction of sp³-hybridized carbons (Fsp3) is 1.00. The fourth-order valence-corrected chi connectivity index (χ4v) is 1.63. The van der Waals surface area contributed by atoms with Gasteiger partial charge in [0.25, 0.3) is 0 Å². The molecular formula is C8H13F5S. The van der Waals surface area contributed by atoms with Gasteiger partial charge in [-0.15, -0.1) is 0 Å². The van der Waals surface area contributed by atoms with Crippen molar-refractivity contribution in [2.24, 2.45) is 0 Å². The van der Waals surface area contributed by atoms with E-state index in [2.05, 4.69) is 0 Å². The lowest BCUT2D eigenvalue weighted by molar-refractivity contribution is -0.284. The van der Waals surface area contributed by atoms with Crippen molar-refractivity contribution in [3.05, 3.63) is 0 Å². The largest absolute Gasteiger partial charge is 0.453 e. The Kier molecular flexibility index (Phi) is 5.78. The van der Waals surface area contributed by atoms with Crippen LogP contribution in [0.2, 0.25) is 0 Å². The van der Waals surface area contributed by atoms with Crippen LogP contribution in [0, 0.1) is 0 Å². The molecule has 0 amide bonds. The van der Waals surface area contributed by atoms with Gasteiger partial charge < -0.3 is 0 Å². The van der Waals surface area contributed by atoms with Crippen molar-refractivity contribution in [3.63, 3.8) is 0 Å². The molecular weight excluding hydrogens is 223 g/mol. The Bertz CT molecular complexity index is 154. The molecule has 0 bridgehead atoms. The molecule has 0 aliphatic carbocycles. The molecule has 0 radical (unpaired) electrons. The average Bonchev–Trinajstić information content (AvgIpc) is 2.02. The summed E-state index contributed by atoms with van der Waals surface area (Å²) in [5.74, 6) is -3.36. The van der Waals surface area contributed by atoms with E-state index in [0.29, 0.717) is 5.75 Å². The summed E-state index contributed by atoms with van der Waals surface area (Å²) in [6, 6.07) is 0. The Morgan fingerprint density at radius 2 is 1.57 bits per heavy atom. The van der Waals surface area contributed by atoms with E-state index in [0.717, 1.165) is 12.2 Å². The molecule has 0 aliphatic heterocycles. The first-order valence-electron chi connectivity index (χ1n) is 4.33. The van der Waals surface area contributed by atoms with Gasteiger partial charge in [-0.1, -0.05) is 6.92 Å². The van der Waals surface area contributed by atoms with Crippen LogP contribution < -0.4 is 0 Å². The van der Waals surface area contributed by atoms with Gasteiger partial charge >= 0.3 is 12.1 Å². The molecule has 0 aromatic heterocycles. The molecule has 0 fully saturated rings. The highest BCUT2D eigenvalue weighted by Gasteiger charge is 2.56. The molecule has 0 rings (SSSR count). The summed E-state index contributed by atoms with van der Waals surface area (Å²) in [6.45, 7) is 1.93. The third kappa shape index (κ3) is 5.02. The van der Waals surface area contributed by atoms with Gasteiger partial charge in [-0.2, -0.15) is 33.7 Å². The van der Waals surface area contributed by atoms with Crippen LogP contribution in [0.5, 0.6) is 0 Å². The summed E-state index contributed by atoms with van der Waals surface area (Å²) in [5, 5.41) is 0. The molecule has 14 heavy (non-hydrogen) atoms. The van der Waals surface area contributed by atoms with Gasteiger partial charge in [0, 0.05) is 6.42 Å². The van der Waals surface area contributed by atoms with E-state index >= 15 is 0 Å². The van der Waals surface area contributed by atoms with Crippen LogP contribution in [0.3, 0.4) is 0 Å². The maximum absolute atomic E-state index is 12.3. The minimum atomic E-state index is -5.40. The molecule has 0 spiro atoms. The van der Waals surface area contributed by atoms with E-state index in [4.69, 9.17) is 0 Å². The molecule has 0 saturated carbocycles. The summed E-state index contributed by atoms with van der Waals surface area (Å²) in [5.41, 5.74) is 0. The molecule has 0 atom stereocenters. The average molecular weight is 236 g/mol. The Labute approximate surface area is 84.2 Å². The molecule has 0 N–H and O–H groups in total. The van der Waals surface area contributed by atoms with Gasteiger partial charge in [0.2, 0.25) is 0 Å². The van der Waals surface area contributed by atoms with E-state index in [1.165, 1.54) is 11.8 Å². The van der Waals surface area contributed by atoms with E-state index in [-0.39, 0.29) is 6.42 Å². The lowest BCUT2D eigenvalue weighted by Gasteiger charge is -2.18. The molecule has 0 unspecified atom stereocenters. The SMILES string of the molecule is CCCSCCCC(F)(F)C(F)(F)F. The fourth-order valence-electron chi connectivity index (χ4n) is 0.784. The first-order valence-corrected chi connectivity index (χ1v) is 5.49. The van der Waals surface area contributed by atoms with Crippen LogP contribution in [-0.2, 0) is 0 Å². The van der Waals surface area contributed by atoms with Crippen molar-refractivity contribution < 1.29 is 22.0 Å². The normalized spacial score (nSPS) is 13.3. The lowest BCUT2D eigenvalue weighted by Crippen LogP contribution is -2.36. The smallest absolute Gasteiger partial charge is 0.196 e. The molecule has 86 valence electrons. The highest BCUT2D eigenvalue weighted by Crippen LogP contribution is 2.38. The zero-order valence-electron chi connectivity index (χ0n) is 7.83. The quantitative estimate of drug-likeness (QED) is 0.494. The van der Waals surface area contributed by atoms with Gasteiger partial charge in [-0.25, -0.2) is 0 Å². The highest BCUT2D eigenvalue weighted by molar-refractivity contribution is 7.99. The predicted molar refractivity (Wildman–Crippen MR) is 47.9 cm³/mol. The molecule has 0 nitrogen and oxygen atoms in total. The number of rotatable bonds is 6. The van der Waals surface area contributed by atoms with Crippen LogP contribution in [-0.4, -0.2) is 23.6 Å². The van der Waals surface area contributed by atoms with E-state index in [1.807, 2.05) is 6.92 Å². The summed E-state index contributed by atoms with van der Waals surface area (Å²) in [6.07, 6.45) is -5.70. The minimum absolute atomic E-state index is 0.100. The van der Waals surface area contributed by atoms with Crippen LogP contribution in [0.4, 0.5) is 22.0 Å². The standard InChI is InChI=1S/C8H13F5S/c1-2-5-14-6-3-4-7(9,10)8(11,12)13/h2-6H2,1H3. The summed E-state index contributed by atoms with van der Waals surface area (Å²) in [4.78, 5) is 0. The predicted octanol–water partition coefficient (Wildman–Crippen LogP) is 4.11. The molecule has 0 aromatic carbocycles. The summed E-state index contributed by atoms with van der Waals surface area (Å²) < 4.78 is 59.6. The minimum Gasteiger partial charge on any atom is -0.196 e. The zero-order chi connectivity index (χ0) is 11.2. The van der Waals surface area contributed by atoms with Gasteiger partial charge in [-0.3, -0.25) is 0 Å². The van der Waals surface area contributed by atoms with Gasteiger partial charge in [0.05, 0.1) is 0 Å². The van der Waals surface area contributed by atoms with Crippen molar-refractivity contribution in [3.8, 4) is 0 Å². The molecule has 0 aliphatic rings. The van der Waals surface area contributed by atoms with Gasteiger partial charge in [0.1, 0.15) is 0 Å². The van der Waals surface area contributed by atoms with E-state index in [1.54, 1.807) is 0 Å². The Morgan fingerprint density at radius 3 is 2.00 bits per heavy atom. The summed E-state index contributed by atoms with van der Waals surface area (Å²) >= 11 is 1.40. The van der Waals surface area contributed by atoms with Crippen LogP contribution in [0.25, 0.3) is 0 Å². The zero-order valence-corrected chi connectivity index (χ0v) is 8.65. The Balaban J connectivity index is 3.67. The van der Waals surface area contributed by atoms with Crippen molar-refractivity contribution in [1.82, 2.24) is 0 Å². The van der Waals surface area contributed by atoms with E-state index < -0.39 is 18.5 Å². The molecule has 0 saturated heterocycles. The number of alkyl halides is 5. The Hall–Kier alpha value is -0.0000000000000000555. The first-order chi connectivity index (χ1) is 6.31. The van der Waals surface area contributed by atoms with Gasteiger partial charge in [-0.05, 0) is 24.3 Å². The third-order valence-corrected chi connectivity index (χ3v) is 2.82. The second-order valence-electron chi connectivity index (χ2n) is 2.92. The molecule has 0 heterocycles. The van der Waals surface area contributed by atoms with Crippen molar-refractivity contribution in [2.75, 3.05) is 11.5 Å². The second kappa shape index (κ2) is 5.78. The van der Waals surface area contributed by atoms with E-state index in [9.17, 15) is 22.0 Å². The van der Waals surface area contributed by atoms with Gasteiger partial charge in [0.15, 0.2) is 0 Å². The topological polar surface area (TPSA) is 0 Å². The summed E-state index contributed by atoms with van der Waals surface area (Å²) in [7, 11) is 0.